The normalized spacial score (nSPS) is 25.5. The van der Waals surface area contributed by atoms with E-state index in [1.54, 1.807) is 0 Å². The summed E-state index contributed by atoms with van der Waals surface area (Å²) >= 11 is 0. The van der Waals surface area contributed by atoms with Crippen LogP contribution in [0, 0.1) is 0 Å². The largest absolute Gasteiger partial charge is 0.313 e. The fourth-order valence-corrected chi connectivity index (χ4v) is 2.55. The highest BCUT2D eigenvalue weighted by molar-refractivity contribution is 5.26. The summed E-state index contributed by atoms with van der Waals surface area (Å²) in [5.74, 6) is 0. The summed E-state index contributed by atoms with van der Waals surface area (Å²) < 4.78 is 0. The number of fused-ring (bicyclic) bond motifs is 1. The fraction of sp³-hybridized carbons (Fsp3) is 0.636. The Labute approximate surface area is 88.3 Å². The standard InChI is InChI=1S/C11H15N3O/c1-2-9-10-8(11(15)13-6-12-10)5-14(9)7-3-4-7/h6-7,9H,2-5H2,1H3,(H,12,13,15). The minimum atomic E-state index is 0.0431. The quantitative estimate of drug-likeness (QED) is 0.789. The van der Waals surface area contributed by atoms with E-state index in [1.165, 1.54) is 19.2 Å². The van der Waals surface area contributed by atoms with Crippen molar-refractivity contribution in [3.05, 3.63) is 27.9 Å². The predicted molar refractivity (Wildman–Crippen MR) is 56.5 cm³/mol. The molecule has 4 nitrogen and oxygen atoms in total. The van der Waals surface area contributed by atoms with Crippen LogP contribution in [0.5, 0.6) is 0 Å². The van der Waals surface area contributed by atoms with E-state index in [0.29, 0.717) is 12.1 Å². The van der Waals surface area contributed by atoms with Gasteiger partial charge in [0, 0.05) is 12.6 Å². The van der Waals surface area contributed by atoms with Gasteiger partial charge in [-0.3, -0.25) is 9.69 Å². The summed E-state index contributed by atoms with van der Waals surface area (Å²) in [5, 5.41) is 0. The fourth-order valence-electron chi connectivity index (χ4n) is 2.55. The van der Waals surface area contributed by atoms with Crippen molar-refractivity contribution in [3.8, 4) is 0 Å². The van der Waals surface area contributed by atoms with Gasteiger partial charge in [0.05, 0.1) is 23.6 Å². The topological polar surface area (TPSA) is 49.0 Å². The maximum atomic E-state index is 11.6. The first kappa shape index (κ1) is 9.09. The lowest BCUT2D eigenvalue weighted by molar-refractivity contribution is 0.197. The molecule has 1 aromatic rings. The monoisotopic (exact) mass is 205 g/mol. The molecule has 1 fully saturated rings. The molecule has 80 valence electrons. The maximum Gasteiger partial charge on any atom is 0.255 e. The van der Waals surface area contributed by atoms with Crippen LogP contribution >= 0.6 is 0 Å². The molecule has 0 amide bonds. The molecule has 0 aromatic carbocycles. The van der Waals surface area contributed by atoms with Gasteiger partial charge in [-0.25, -0.2) is 4.98 Å². The number of hydrogen-bond donors (Lipinski definition) is 1. The average Bonchev–Trinajstić information content (AvgIpc) is 3.00. The van der Waals surface area contributed by atoms with Crippen molar-refractivity contribution < 1.29 is 0 Å². The second-order valence-corrected chi connectivity index (χ2v) is 4.42. The van der Waals surface area contributed by atoms with Crippen LogP contribution in [-0.2, 0) is 6.54 Å². The van der Waals surface area contributed by atoms with Crippen LogP contribution in [0.3, 0.4) is 0 Å². The molecular weight excluding hydrogens is 190 g/mol. The third-order valence-electron chi connectivity index (χ3n) is 3.44. The van der Waals surface area contributed by atoms with E-state index in [1.807, 2.05) is 0 Å². The third kappa shape index (κ3) is 1.32. The van der Waals surface area contributed by atoms with E-state index in [0.717, 1.165) is 24.2 Å². The van der Waals surface area contributed by atoms with E-state index in [2.05, 4.69) is 21.8 Å². The van der Waals surface area contributed by atoms with Crippen molar-refractivity contribution >= 4 is 0 Å². The number of hydrogen-bond acceptors (Lipinski definition) is 3. The van der Waals surface area contributed by atoms with Crippen LogP contribution in [0.25, 0.3) is 0 Å². The molecule has 0 bridgehead atoms. The molecule has 1 saturated carbocycles. The molecular formula is C11H15N3O. The Morgan fingerprint density at radius 1 is 1.60 bits per heavy atom. The molecule has 0 radical (unpaired) electrons. The number of rotatable bonds is 2. The van der Waals surface area contributed by atoms with E-state index < -0.39 is 0 Å². The Hall–Kier alpha value is -1.16. The number of nitrogens with one attached hydrogen (secondary N) is 1. The summed E-state index contributed by atoms with van der Waals surface area (Å²) in [6, 6.07) is 1.07. The van der Waals surface area contributed by atoms with Crippen LogP contribution in [0.4, 0.5) is 0 Å². The Balaban J connectivity index is 2.04. The van der Waals surface area contributed by atoms with Gasteiger partial charge >= 0.3 is 0 Å². The summed E-state index contributed by atoms with van der Waals surface area (Å²) in [7, 11) is 0. The lowest BCUT2D eigenvalue weighted by atomic mass is 10.1. The molecule has 1 unspecified atom stereocenters. The Bertz CT molecular complexity index is 436. The zero-order chi connectivity index (χ0) is 10.4. The van der Waals surface area contributed by atoms with Crippen LogP contribution < -0.4 is 5.56 Å². The molecule has 1 atom stereocenters. The number of nitrogens with zero attached hydrogens (tertiary/aromatic N) is 2. The maximum absolute atomic E-state index is 11.6. The van der Waals surface area contributed by atoms with Crippen molar-refractivity contribution in [2.45, 2.75) is 44.8 Å². The zero-order valence-corrected chi connectivity index (χ0v) is 8.86. The zero-order valence-electron chi connectivity index (χ0n) is 8.86. The molecule has 0 saturated heterocycles. The average molecular weight is 205 g/mol. The van der Waals surface area contributed by atoms with E-state index in [9.17, 15) is 4.79 Å². The lowest BCUT2D eigenvalue weighted by Gasteiger charge is -2.22. The Morgan fingerprint density at radius 2 is 2.40 bits per heavy atom. The van der Waals surface area contributed by atoms with Gasteiger partial charge in [-0.15, -0.1) is 0 Å². The van der Waals surface area contributed by atoms with Crippen molar-refractivity contribution in [3.63, 3.8) is 0 Å². The molecule has 4 heteroatoms. The SMILES string of the molecule is CCC1c2nc[nH]c(=O)c2CN1C1CC1. The van der Waals surface area contributed by atoms with Crippen LogP contribution in [0.2, 0.25) is 0 Å². The Kier molecular flexibility index (Phi) is 1.92. The van der Waals surface area contributed by atoms with Crippen LogP contribution in [0.1, 0.15) is 43.5 Å². The minimum absolute atomic E-state index is 0.0431. The van der Waals surface area contributed by atoms with E-state index in [-0.39, 0.29) is 5.56 Å². The van der Waals surface area contributed by atoms with E-state index >= 15 is 0 Å². The first-order chi connectivity index (χ1) is 7.31. The summed E-state index contributed by atoms with van der Waals surface area (Å²) in [6.45, 7) is 2.96. The second kappa shape index (κ2) is 3.17. The van der Waals surface area contributed by atoms with Crippen LogP contribution in [-0.4, -0.2) is 20.9 Å². The molecule has 15 heavy (non-hydrogen) atoms. The molecule has 3 rings (SSSR count). The molecule has 2 aliphatic rings. The van der Waals surface area contributed by atoms with Gasteiger partial charge < -0.3 is 4.98 Å². The van der Waals surface area contributed by atoms with Gasteiger partial charge in [-0.05, 0) is 19.3 Å². The molecule has 1 aliphatic carbocycles. The molecule has 0 spiro atoms. The minimum Gasteiger partial charge on any atom is -0.313 e. The van der Waals surface area contributed by atoms with Crippen molar-refractivity contribution in [2.75, 3.05) is 0 Å². The molecule has 2 heterocycles. The predicted octanol–water partition coefficient (Wildman–Crippen LogP) is 1.20. The second-order valence-electron chi connectivity index (χ2n) is 4.42. The summed E-state index contributed by atoms with van der Waals surface area (Å²) in [5.41, 5.74) is 1.94. The Morgan fingerprint density at radius 3 is 3.07 bits per heavy atom. The first-order valence-electron chi connectivity index (χ1n) is 5.63. The summed E-state index contributed by atoms with van der Waals surface area (Å²) in [6.07, 6.45) is 5.13. The van der Waals surface area contributed by atoms with Crippen molar-refractivity contribution in [2.24, 2.45) is 0 Å². The van der Waals surface area contributed by atoms with E-state index in [4.69, 9.17) is 0 Å². The van der Waals surface area contributed by atoms with Gasteiger partial charge in [-0.1, -0.05) is 6.92 Å². The number of aromatic amines is 1. The highest BCUT2D eigenvalue weighted by Gasteiger charge is 2.40. The lowest BCUT2D eigenvalue weighted by Crippen LogP contribution is -2.24. The number of aromatic nitrogens is 2. The molecule has 1 aliphatic heterocycles. The van der Waals surface area contributed by atoms with Gasteiger partial charge in [-0.2, -0.15) is 0 Å². The smallest absolute Gasteiger partial charge is 0.255 e. The highest BCUT2D eigenvalue weighted by atomic mass is 16.1. The number of H-pyrrole nitrogens is 1. The van der Waals surface area contributed by atoms with Crippen molar-refractivity contribution in [1.82, 2.24) is 14.9 Å². The first-order valence-corrected chi connectivity index (χ1v) is 5.63. The van der Waals surface area contributed by atoms with Crippen LogP contribution in [0.15, 0.2) is 11.1 Å². The highest BCUT2D eigenvalue weighted by Crippen LogP contribution is 2.41. The molecule has 1 N–H and O–H groups in total. The third-order valence-corrected chi connectivity index (χ3v) is 3.44. The van der Waals surface area contributed by atoms with Gasteiger partial charge in [0.15, 0.2) is 0 Å². The molecule has 1 aromatic heterocycles. The van der Waals surface area contributed by atoms with Gasteiger partial charge in [0.2, 0.25) is 0 Å². The summed E-state index contributed by atoms with van der Waals surface area (Å²) in [4.78, 5) is 21.1. The van der Waals surface area contributed by atoms with Gasteiger partial charge in [0.1, 0.15) is 0 Å². The van der Waals surface area contributed by atoms with Gasteiger partial charge in [0.25, 0.3) is 5.56 Å². The van der Waals surface area contributed by atoms with Crippen molar-refractivity contribution in [1.29, 1.82) is 0 Å².